The van der Waals surface area contributed by atoms with Crippen LogP contribution in [0.1, 0.15) is 16.7 Å². The lowest BCUT2D eigenvalue weighted by Crippen LogP contribution is -2.06. The number of esters is 1. The highest BCUT2D eigenvalue weighted by Gasteiger charge is 2.27. The average Bonchev–Trinajstić information content (AvgIpc) is 3.18. The fraction of sp³-hybridized carbons (Fsp3) is 0.0833. The minimum atomic E-state index is -0.702. The number of non-ortho nitro benzene ring substituents is 1. The lowest BCUT2D eigenvalue weighted by molar-refractivity contribution is -0.384. The number of nitro benzene ring substituents is 1. The van der Waals surface area contributed by atoms with Crippen LogP contribution in [0.5, 0.6) is 11.5 Å². The van der Waals surface area contributed by atoms with E-state index in [-0.39, 0.29) is 27.9 Å². The van der Waals surface area contributed by atoms with E-state index < -0.39 is 10.9 Å². The molecule has 0 fully saturated rings. The first-order chi connectivity index (χ1) is 16.7. The highest BCUT2D eigenvalue weighted by Crippen LogP contribution is 2.36. The van der Waals surface area contributed by atoms with Crippen LogP contribution in [0.25, 0.3) is 6.08 Å². The van der Waals surface area contributed by atoms with Gasteiger partial charge in [0.1, 0.15) is 6.61 Å². The van der Waals surface area contributed by atoms with Gasteiger partial charge in [-0.15, -0.1) is 0 Å². The van der Waals surface area contributed by atoms with Crippen LogP contribution >= 0.6 is 50.1 Å². The van der Waals surface area contributed by atoms with Crippen molar-refractivity contribution >= 4 is 73.8 Å². The Hall–Kier alpha value is -2.96. The third kappa shape index (κ3) is 5.82. The number of halogens is 3. The molecule has 3 aromatic carbocycles. The predicted molar refractivity (Wildman–Crippen MR) is 143 cm³/mol. The molecule has 1 heterocycles. The third-order valence-electron chi connectivity index (χ3n) is 4.84. The summed E-state index contributed by atoms with van der Waals surface area (Å²) < 4.78 is 18.5. The van der Waals surface area contributed by atoms with Crippen molar-refractivity contribution in [2.24, 2.45) is 4.99 Å². The first-order valence-electron chi connectivity index (χ1n) is 9.97. The number of nitro groups is 1. The summed E-state index contributed by atoms with van der Waals surface area (Å²) >= 11 is 11.7. The number of carbonyl (C=O) groups excluding carboxylic acids is 1. The number of aliphatic imine (C=N–C) groups is 1. The molecule has 0 aliphatic carbocycles. The van der Waals surface area contributed by atoms with Gasteiger partial charge in [-0.1, -0.05) is 39.7 Å². The molecule has 0 N–H and O–H groups in total. The fourth-order valence-electron chi connectivity index (χ4n) is 3.22. The van der Waals surface area contributed by atoms with Crippen molar-refractivity contribution in [3.8, 4) is 11.5 Å². The molecule has 0 unspecified atom stereocenters. The smallest absolute Gasteiger partial charge is 0.363 e. The Balaban J connectivity index is 1.62. The van der Waals surface area contributed by atoms with E-state index >= 15 is 0 Å². The Morgan fingerprint density at radius 1 is 1.23 bits per heavy atom. The van der Waals surface area contributed by atoms with Crippen LogP contribution in [0.2, 0.25) is 5.02 Å². The zero-order valence-electron chi connectivity index (χ0n) is 18.0. The summed E-state index contributed by atoms with van der Waals surface area (Å²) in [5.41, 5.74) is 1.59. The molecule has 11 heteroatoms. The number of benzene rings is 3. The van der Waals surface area contributed by atoms with E-state index in [1.807, 2.05) is 30.3 Å². The maximum absolute atomic E-state index is 12.4. The molecule has 0 saturated carbocycles. The standard InChI is InChI=1S/C24H15BrClIN2O6/c1-33-21-10-14(8-19(27)22(21)34-12-13-3-2-4-15(25)7-13)9-20-24(30)35-23(28-20)17-11-16(29(31)32)5-6-18(17)26/h2-11H,12H2,1H3/b20-9-. The molecule has 8 nitrogen and oxygen atoms in total. The van der Waals surface area contributed by atoms with Crippen molar-refractivity contribution < 1.29 is 23.9 Å². The van der Waals surface area contributed by atoms with Crippen molar-refractivity contribution in [3.63, 3.8) is 0 Å². The quantitative estimate of drug-likeness (QED) is 0.0931. The van der Waals surface area contributed by atoms with Crippen molar-refractivity contribution in [2.75, 3.05) is 7.11 Å². The Morgan fingerprint density at radius 2 is 2.03 bits per heavy atom. The number of cyclic esters (lactones) is 1. The number of methoxy groups -OCH3 is 1. The van der Waals surface area contributed by atoms with Gasteiger partial charge in [0, 0.05) is 16.6 Å². The van der Waals surface area contributed by atoms with Gasteiger partial charge >= 0.3 is 5.97 Å². The highest BCUT2D eigenvalue weighted by molar-refractivity contribution is 14.1. The summed E-state index contributed by atoms with van der Waals surface area (Å²) in [6.45, 7) is 0.343. The van der Waals surface area contributed by atoms with Crippen LogP contribution < -0.4 is 9.47 Å². The molecule has 1 aliphatic rings. The first kappa shape index (κ1) is 25.1. The van der Waals surface area contributed by atoms with Gasteiger partial charge in [-0.25, -0.2) is 9.79 Å². The van der Waals surface area contributed by atoms with Gasteiger partial charge in [0.2, 0.25) is 5.90 Å². The molecule has 0 aromatic heterocycles. The monoisotopic (exact) mass is 668 g/mol. The Bertz CT molecular complexity index is 1410. The normalized spacial score (nSPS) is 14.0. The molecular formula is C24H15BrClIN2O6. The van der Waals surface area contributed by atoms with Crippen molar-refractivity contribution in [1.82, 2.24) is 0 Å². The Morgan fingerprint density at radius 3 is 2.74 bits per heavy atom. The van der Waals surface area contributed by atoms with E-state index in [1.54, 1.807) is 6.07 Å². The van der Waals surface area contributed by atoms with Gasteiger partial charge in [-0.3, -0.25) is 10.1 Å². The summed E-state index contributed by atoms with van der Waals surface area (Å²) in [4.78, 5) is 27.2. The van der Waals surface area contributed by atoms with Crippen LogP contribution in [0.3, 0.4) is 0 Å². The van der Waals surface area contributed by atoms with Crippen molar-refractivity contribution in [3.05, 3.63) is 100 Å². The van der Waals surface area contributed by atoms with Gasteiger partial charge in [-0.2, -0.15) is 0 Å². The van der Waals surface area contributed by atoms with E-state index in [1.165, 1.54) is 31.4 Å². The van der Waals surface area contributed by atoms with Gasteiger partial charge in [0.25, 0.3) is 5.69 Å². The number of rotatable bonds is 7. The second-order valence-corrected chi connectivity index (χ2v) is 9.70. The van der Waals surface area contributed by atoms with Crippen molar-refractivity contribution in [2.45, 2.75) is 6.61 Å². The highest BCUT2D eigenvalue weighted by atomic mass is 127. The lowest BCUT2D eigenvalue weighted by Gasteiger charge is -2.14. The Kier molecular flexibility index (Phi) is 7.72. The molecule has 0 amide bonds. The minimum absolute atomic E-state index is 0.0169. The van der Waals surface area contributed by atoms with Crippen molar-refractivity contribution in [1.29, 1.82) is 0 Å². The van der Waals surface area contributed by atoms with Gasteiger partial charge in [-0.05, 0) is 70.1 Å². The largest absolute Gasteiger partial charge is 0.493 e. The van der Waals surface area contributed by atoms with Gasteiger partial charge < -0.3 is 14.2 Å². The van der Waals surface area contributed by atoms with Crippen LogP contribution in [-0.2, 0) is 16.1 Å². The molecule has 0 saturated heterocycles. The average molecular weight is 670 g/mol. The summed E-state index contributed by atoms with van der Waals surface area (Å²) in [5.74, 6) is 0.241. The molecule has 0 bridgehead atoms. The van der Waals surface area contributed by atoms with Crippen LogP contribution in [-0.4, -0.2) is 23.9 Å². The number of hydrogen-bond donors (Lipinski definition) is 0. The third-order valence-corrected chi connectivity index (χ3v) is 6.46. The molecular weight excluding hydrogens is 655 g/mol. The predicted octanol–water partition coefficient (Wildman–Crippen LogP) is 6.55. The van der Waals surface area contributed by atoms with E-state index in [0.717, 1.165) is 13.6 Å². The summed E-state index contributed by atoms with van der Waals surface area (Å²) in [5, 5.41) is 11.3. The van der Waals surface area contributed by atoms with Crippen LogP contribution in [0, 0.1) is 13.7 Å². The molecule has 0 spiro atoms. The summed E-state index contributed by atoms with van der Waals surface area (Å²) in [6, 6.07) is 15.1. The maximum atomic E-state index is 12.4. The topological polar surface area (TPSA) is 100 Å². The lowest BCUT2D eigenvalue weighted by atomic mass is 10.1. The second-order valence-electron chi connectivity index (χ2n) is 7.21. The number of carbonyl (C=O) groups is 1. The van der Waals surface area contributed by atoms with E-state index in [2.05, 4.69) is 43.5 Å². The zero-order chi connectivity index (χ0) is 25.1. The second kappa shape index (κ2) is 10.8. The maximum Gasteiger partial charge on any atom is 0.363 e. The molecule has 178 valence electrons. The number of ether oxygens (including phenoxy) is 3. The molecule has 4 rings (SSSR count). The zero-order valence-corrected chi connectivity index (χ0v) is 22.5. The molecule has 1 aliphatic heterocycles. The van der Waals surface area contributed by atoms with Gasteiger partial charge in [0.05, 0.1) is 26.2 Å². The number of nitrogens with zero attached hydrogens (tertiary/aromatic N) is 2. The SMILES string of the molecule is COc1cc(/C=C2\N=C(c3cc([N+](=O)[O-])ccc3Cl)OC2=O)cc(I)c1OCc1cccc(Br)c1. The van der Waals surface area contributed by atoms with Crippen LogP contribution in [0.4, 0.5) is 5.69 Å². The summed E-state index contributed by atoms with van der Waals surface area (Å²) in [6.07, 6.45) is 1.53. The molecule has 0 radical (unpaired) electrons. The molecule has 35 heavy (non-hydrogen) atoms. The van der Waals surface area contributed by atoms with Gasteiger partial charge in [0.15, 0.2) is 17.2 Å². The minimum Gasteiger partial charge on any atom is -0.493 e. The van der Waals surface area contributed by atoms with E-state index in [0.29, 0.717) is 23.7 Å². The van der Waals surface area contributed by atoms with E-state index in [9.17, 15) is 14.9 Å². The first-order valence-corrected chi connectivity index (χ1v) is 12.2. The molecule has 0 atom stereocenters. The summed E-state index contributed by atoms with van der Waals surface area (Å²) in [7, 11) is 1.53. The Labute approximate surface area is 227 Å². The van der Waals surface area contributed by atoms with Crippen LogP contribution in [0.15, 0.2) is 69.8 Å². The number of hydrogen-bond acceptors (Lipinski definition) is 7. The fourth-order valence-corrected chi connectivity index (χ4v) is 4.64. The van der Waals surface area contributed by atoms with E-state index in [4.69, 9.17) is 25.8 Å². The molecule has 3 aromatic rings.